The van der Waals surface area contributed by atoms with Crippen LogP contribution in [0, 0.1) is 0 Å². The predicted molar refractivity (Wildman–Crippen MR) is 52.5 cm³/mol. The van der Waals surface area contributed by atoms with E-state index >= 15 is 0 Å². The largest absolute Gasteiger partial charge is 0.354 e. The fourth-order valence-corrected chi connectivity index (χ4v) is 1.60. The third kappa shape index (κ3) is 1.67. The molecule has 1 saturated carbocycles. The SMILES string of the molecule is Cn1ccnc1NCC1(N)CCC1. The highest BCUT2D eigenvalue weighted by molar-refractivity contribution is 5.26. The van der Waals surface area contributed by atoms with E-state index in [-0.39, 0.29) is 5.54 Å². The molecular formula is C9H16N4. The summed E-state index contributed by atoms with van der Waals surface area (Å²) >= 11 is 0. The monoisotopic (exact) mass is 180 g/mol. The van der Waals surface area contributed by atoms with Crippen molar-refractivity contribution in [1.82, 2.24) is 9.55 Å². The standard InChI is InChI=1S/C9H16N4/c1-13-6-5-11-8(13)12-7-9(10)3-2-4-9/h5-6H,2-4,7,10H2,1H3,(H,11,12). The average molecular weight is 180 g/mol. The van der Waals surface area contributed by atoms with Crippen molar-refractivity contribution in [3.8, 4) is 0 Å². The summed E-state index contributed by atoms with van der Waals surface area (Å²) in [6.45, 7) is 0.831. The van der Waals surface area contributed by atoms with Gasteiger partial charge < -0.3 is 15.6 Å². The first-order chi connectivity index (χ1) is 6.20. The van der Waals surface area contributed by atoms with Gasteiger partial charge in [0.2, 0.25) is 5.95 Å². The van der Waals surface area contributed by atoms with Gasteiger partial charge >= 0.3 is 0 Å². The maximum atomic E-state index is 6.07. The number of hydrogen-bond acceptors (Lipinski definition) is 3. The number of hydrogen-bond donors (Lipinski definition) is 2. The van der Waals surface area contributed by atoms with Crippen molar-refractivity contribution in [2.45, 2.75) is 24.8 Å². The number of rotatable bonds is 3. The Morgan fingerprint density at radius 2 is 2.46 bits per heavy atom. The third-order valence-electron chi connectivity index (χ3n) is 2.77. The quantitative estimate of drug-likeness (QED) is 0.720. The highest BCUT2D eigenvalue weighted by atomic mass is 15.2. The van der Waals surface area contributed by atoms with E-state index in [9.17, 15) is 0 Å². The van der Waals surface area contributed by atoms with E-state index in [0.29, 0.717) is 0 Å². The molecule has 0 aliphatic heterocycles. The Morgan fingerprint density at radius 3 is 2.92 bits per heavy atom. The molecule has 4 heteroatoms. The van der Waals surface area contributed by atoms with Crippen LogP contribution in [0.3, 0.4) is 0 Å². The number of nitrogens with one attached hydrogen (secondary N) is 1. The lowest BCUT2D eigenvalue weighted by Gasteiger charge is -2.38. The molecule has 1 aliphatic rings. The lowest BCUT2D eigenvalue weighted by Crippen LogP contribution is -2.52. The molecule has 0 atom stereocenters. The highest BCUT2D eigenvalue weighted by Gasteiger charge is 2.32. The second-order valence-electron chi connectivity index (χ2n) is 3.93. The van der Waals surface area contributed by atoms with Crippen molar-refractivity contribution in [3.63, 3.8) is 0 Å². The van der Waals surface area contributed by atoms with Gasteiger partial charge in [0.05, 0.1) is 0 Å². The molecule has 1 fully saturated rings. The molecule has 1 heterocycles. The van der Waals surface area contributed by atoms with E-state index in [2.05, 4.69) is 10.3 Å². The Kier molecular flexibility index (Phi) is 2.00. The molecule has 0 amide bonds. The minimum absolute atomic E-state index is 0.0198. The molecule has 3 N–H and O–H groups in total. The number of nitrogens with two attached hydrogens (primary N) is 1. The molecule has 1 aromatic heterocycles. The van der Waals surface area contributed by atoms with Crippen LogP contribution in [0.5, 0.6) is 0 Å². The van der Waals surface area contributed by atoms with E-state index in [4.69, 9.17) is 5.73 Å². The summed E-state index contributed by atoms with van der Waals surface area (Å²) in [4.78, 5) is 4.17. The van der Waals surface area contributed by atoms with Gasteiger partial charge in [-0.2, -0.15) is 0 Å². The Balaban J connectivity index is 1.89. The first-order valence-corrected chi connectivity index (χ1v) is 4.70. The predicted octanol–water partition coefficient (Wildman–Crippen LogP) is 0.713. The topological polar surface area (TPSA) is 55.9 Å². The Bertz CT molecular complexity index is 288. The summed E-state index contributed by atoms with van der Waals surface area (Å²) in [7, 11) is 1.97. The van der Waals surface area contributed by atoms with Gasteiger partial charge in [0.15, 0.2) is 0 Å². The van der Waals surface area contributed by atoms with Gasteiger partial charge in [-0.05, 0) is 19.3 Å². The number of aromatic nitrogens is 2. The number of imidazole rings is 1. The summed E-state index contributed by atoms with van der Waals surface area (Å²) in [5, 5.41) is 3.26. The summed E-state index contributed by atoms with van der Waals surface area (Å²) in [6.07, 6.45) is 7.23. The number of anilines is 1. The van der Waals surface area contributed by atoms with E-state index in [0.717, 1.165) is 25.3 Å². The molecule has 72 valence electrons. The molecule has 0 aromatic carbocycles. The Hall–Kier alpha value is -1.03. The molecule has 0 spiro atoms. The van der Waals surface area contributed by atoms with Gasteiger partial charge in [-0.25, -0.2) is 4.98 Å². The van der Waals surface area contributed by atoms with Gasteiger partial charge in [0.25, 0.3) is 0 Å². The minimum Gasteiger partial charge on any atom is -0.354 e. The van der Waals surface area contributed by atoms with Gasteiger partial charge in [0.1, 0.15) is 0 Å². The molecule has 0 bridgehead atoms. The van der Waals surface area contributed by atoms with Crippen LogP contribution in [0.1, 0.15) is 19.3 Å². The maximum absolute atomic E-state index is 6.07. The summed E-state index contributed by atoms with van der Waals surface area (Å²) < 4.78 is 1.96. The van der Waals surface area contributed by atoms with E-state index in [1.54, 1.807) is 6.20 Å². The Labute approximate surface area is 78.1 Å². The van der Waals surface area contributed by atoms with Crippen molar-refractivity contribution < 1.29 is 0 Å². The van der Waals surface area contributed by atoms with Crippen molar-refractivity contribution in [2.24, 2.45) is 12.8 Å². The zero-order valence-electron chi connectivity index (χ0n) is 7.95. The average Bonchev–Trinajstić information content (AvgIpc) is 2.44. The summed E-state index contributed by atoms with van der Waals surface area (Å²) in [5.41, 5.74) is 6.09. The molecular weight excluding hydrogens is 164 g/mol. The first kappa shape index (κ1) is 8.56. The van der Waals surface area contributed by atoms with E-state index in [1.807, 2.05) is 17.8 Å². The third-order valence-corrected chi connectivity index (χ3v) is 2.77. The summed E-state index contributed by atoms with van der Waals surface area (Å²) in [5.74, 6) is 0.900. The van der Waals surface area contributed by atoms with E-state index < -0.39 is 0 Å². The van der Waals surface area contributed by atoms with Crippen LogP contribution in [0.2, 0.25) is 0 Å². The zero-order valence-corrected chi connectivity index (χ0v) is 7.95. The van der Waals surface area contributed by atoms with Crippen molar-refractivity contribution in [1.29, 1.82) is 0 Å². The molecule has 1 aromatic rings. The van der Waals surface area contributed by atoms with Gasteiger partial charge in [-0.15, -0.1) is 0 Å². The summed E-state index contributed by atoms with van der Waals surface area (Å²) in [6, 6.07) is 0. The molecule has 13 heavy (non-hydrogen) atoms. The second-order valence-corrected chi connectivity index (χ2v) is 3.93. The fourth-order valence-electron chi connectivity index (χ4n) is 1.60. The maximum Gasteiger partial charge on any atom is 0.202 e. The normalized spacial score (nSPS) is 19.5. The minimum atomic E-state index is 0.0198. The second kappa shape index (κ2) is 3.03. The van der Waals surface area contributed by atoms with E-state index in [1.165, 1.54) is 6.42 Å². The molecule has 0 saturated heterocycles. The van der Waals surface area contributed by atoms with Crippen LogP contribution in [0.25, 0.3) is 0 Å². The molecule has 0 radical (unpaired) electrons. The van der Waals surface area contributed by atoms with Crippen LogP contribution < -0.4 is 11.1 Å². The van der Waals surface area contributed by atoms with Crippen molar-refractivity contribution in [3.05, 3.63) is 12.4 Å². The van der Waals surface area contributed by atoms with Crippen molar-refractivity contribution in [2.75, 3.05) is 11.9 Å². The van der Waals surface area contributed by atoms with Crippen LogP contribution >= 0.6 is 0 Å². The van der Waals surface area contributed by atoms with Crippen molar-refractivity contribution >= 4 is 5.95 Å². The molecule has 4 nitrogen and oxygen atoms in total. The molecule has 1 aliphatic carbocycles. The highest BCUT2D eigenvalue weighted by Crippen LogP contribution is 2.28. The first-order valence-electron chi connectivity index (χ1n) is 4.70. The van der Waals surface area contributed by atoms with Crippen LogP contribution in [-0.2, 0) is 7.05 Å². The smallest absolute Gasteiger partial charge is 0.202 e. The lowest BCUT2D eigenvalue weighted by molar-refractivity contribution is 0.265. The van der Waals surface area contributed by atoms with Gasteiger partial charge in [-0.1, -0.05) is 0 Å². The Morgan fingerprint density at radius 1 is 1.69 bits per heavy atom. The van der Waals surface area contributed by atoms with Gasteiger partial charge in [0, 0.05) is 31.5 Å². The van der Waals surface area contributed by atoms with Crippen LogP contribution in [0.15, 0.2) is 12.4 Å². The number of nitrogens with zero attached hydrogens (tertiary/aromatic N) is 2. The van der Waals surface area contributed by atoms with Crippen LogP contribution in [0.4, 0.5) is 5.95 Å². The molecule has 2 rings (SSSR count). The lowest BCUT2D eigenvalue weighted by atomic mass is 9.78. The molecule has 0 unspecified atom stereocenters. The number of aryl methyl sites for hydroxylation is 1. The zero-order chi connectivity index (χ0) is 9.31. The van der Waals surface area contributed by atoms with Gasteiger partial charge in [-0.3, -0.25) is 0 Å². The van der Waals surface area contributed by atoms with Crippen LogP contribution in [-0.4, -0.2) is 21.6 Å². The fraction of sp³-hybridized carbons (Fsp3) is 0.667.